The van der Waals surface area contributed by atoms with Gasteiger partial charge >= 0.3 is 0 Å². The van der Waals surface area contributed by atoms with Crippen LogP contribution in [-0.4, -0.2) is 36.4 Å². The number of amides is 1. The summed E-state index contributed by atoms with van der Waals surface area (Å²) >= 11 is 0. The molecule has 2 N–H and O–H groups in total. The van der Waals surface area contributed by atoms with Gasteiger partial charge in [0, 0.05) is 12.6 Å². The van der Waals surface area contributed by atoms with Crippen molar-refractivity contribution in [1.29, 1.82) is 0 Å². The summed E-state index contributed by atoms with van der Waals surface area (Å²) in [5.74, 6) is -0.0784. The lowest BCUT2D eigenvalue weighted by molar-refractivity contribution is -0.127. The van der Waals surface area contributed by atoms with E-state index in [0.717, 1.165) is 6.42 Å². The molecule has 4 heteroatoms. The second kappa shape index (κ2) is 5.19. The van der Waals surface area contributed by atoms with Crippen LogP contribution in [0.5, 0.6) is 0 Å². The van der Waals surface area contributed by atoms with Gasteiger partial charge in [0.15, 0.2) is 0 Å². The zero-order chi connectivity index (χ0) is 9.68. The van der Waals surface area contributed by atoms with Crippen LogP contribution in [0.1, 0.15) is 26.2 Å². The van der Waals surface area contributed by atoms with Crippen molar-refractivity contribution in [2.45, 2.75) is 38.3 Å². The van der Waals surface area contributed by atoms with Gasteiger partial charge in [-0.05, 0) is 19.3 Å². The number of rotatable bonds is 5. The van der Waals surface area contributed by atoms with Gasteiger partial charge in [0.25, 0.3) is 0 Å². The highest BCUT2D eigenvalue weighted by Gasteiger charge is 2.28. The van der Waals surface area contributed by atoms with Crippen molar-refractivity contribution in [3.05, 3.63) is 0 Å². The molecular formula is C9H17NO3. The Morgan fingerprint density at radius 1 is 1.62 bits per heavy atom. The summed E-state index contributed by atoms with van der Waals surface area (Å²) in [6.07, 6.45) is 2.07. The second-order valence-electron chi connectivity index (χ2n) is 3.44. The topological polar surface area (TPSA) is 58.6 Å². The summed E-state index contributed by atoms with van der Waals surface area (Å²) in [4.78, 5) is 11.1. The summed E-state index contributed by atoms with van der Waals surface area (Å²) < 4.78 is 5.07. The van der Waals surface area contributed by atoms with Gasteiger partial charge in [-0.15, -0.1) is 0 Å². The van der Waals surface area contributed by atoms with Crippen LogP contribution in [0.4, 0.5) is 0 Å². The maximum atomic E-state index is 11.1. The normalized spacial score (nSPS) is 26.6. The van der Waals surface area contributed by atoms with Crippen molar-refractivity contribution >= 4 is 5.91 Å². The van der Waals surface area contributed by atoms with Crippen LogP contribution < -0.4 is 5.32 Å². The molecule has 0 aromatic rings. The highest BCUT2D eigenvalue weighted by atomic mass is 16.5. The average Bonchev–Trinajstić information content (AvgIpc) is 2.02. The second-order valence-corrected chi connectivity index (χ2v) is 3.44. The molecule has 0 spiro atoms. The highest BCUT2D eigenvalue weighted by Crippen LogP contribution is 2.18. The van der Waals surface area contributed by atoms with E-state index in [9.17, 15) is 4.79 Å². The van der Waals surface area contributed by atoms with Crippen LogP contribution in [0.3, 0.4) is 0 Å². The molecule has 1 fully saturated rings. The molecule has 0 aromatic carbocycles. The van der Waals surface area contributed by atoms with E-state index in [2.05, 4.69) is 5.32 Å². The first-order valence-electron chi connectivity index (χ1n) is 4.77. The van der Waals surface area contributed by atoms with Gasteiger partial charge in [-0.2, -0.15) is 0 Å². The zero-order valence-corrected chi connectivity index (χ0v) is 7.95. The van der Waals surface area contributed by atoms with Crippen LogP contribution in [0.2, 0.25) is 0 Å². The Morgan fingerprint density at radius 2 is 2.31 bits per heavy atom. The minimum absolute atomic E-state index is 0.0784. The lowest BCUT2D eigenvalue weighted by atomic mass is 9.89. The summed E-state index contributed by atoms with van der Waals surface area (Å²) in [7, 11) is 0. The number of hydrogen-bond acceptors (Lipinski definition) is 3. The van der Waals surface area contributed by atoms with E-state index in [4.69, 9.17) is 9.84 Å². The minimum atomic E-state index is -0.220. The number of ether oxygens (including phenoxy) is 1. The maximum absolute atomic E-state index is 11.1. The Labute approximate surface area is 78.3 Å². The number of aliphatic hydroxyl groups is 1. The molecule has 1 rings (SSSR count). The fourth-order valence-corrected chi connectivity index (χ4v) is 1.28. The first-order valence-corrected chi connectivity index (χ1v) is 4.77. The third kappa shape index (κ3) is 3.74. The third-order valence-corrected chi connectivity index (χ3v) is 2.06. The summed E-state index contributed by atoms with van der Waals surface area (Å²) in [6.45, 7) is 2.77. The Bertz CT molecular complexity index is 166. The maximum Gasteiger partial charge on any atom is 0.246 e. The Morgan fingerprint density at radius 3 is 2.85 bits per heavy atom. The predicted molar refractivity (Wildman–Crippen MR) is 48.3 cm³/mol. The molecule has 0 atom stereocenters. The average molecular weight is 187 g/mol. The number of hydrogen-bond donors (Lipinski definition) is 2. The van der Waals surface area contributed by atoms with Crippen LogP contribution in [-0.2, 0) is 9.53 Å². The summed E-state index contributed by atoms with van der Waals surface area (Å²) in [5, 5.41) is 11.7. The quantitative estimate of drug-likeness (QED) is 0.598. The zero-order valence-electron chi connectivity index (χ0n) is 7.95. The first kappa shape index (κ1) is 10.5. The van der Waals surface area contributed by atoms with Crippen LogP contribution in [0.25, 0.3) is 0 Å². The molecule has 1 aliphatic rings. The molecule has 1 amide bonds. The fourth-order valence-electron chi connectivity index (χ4n) is 1.28. The van der Waals surface area contributed by atoms with Gasteiger partial charge in [-0.25, -0.2) is 0 Å². The molecular weight excluding hydrogens is 170 g/mol. The van der Waals surface area contributed by atoms with Crippen LogP contribution >= 0.6 is 0 Å². The highest BCUT2D eigenvalue weighted by molar-refractivity contribution is 5.77. The Balaban J connectivity index is 1.98. The third-order valence-electron chi connectivity index (χ3n) is 2.06. The SMILES string of the molecule is CCCOCC(=O)NC1CC(O)C1. The number of nitrogens with one attached hydrogen (secondary N) is 1. The van der Waals surface area contributed by atoms with E-state index in [-0.39, 0.29) is 24.7 Å². The van der Waals surface area contributed by atoms with Gasteiger partial charge in [-0.1, -0.05) is 6.92 Å². The van der Waals surface area contributed by atoms with Crippen molar-refractivity contribution < 1.29 is 14.6 Å². The fraction of sp³-hybridized carbons (Fsp3) is 0.889. The van der Waals surface area contributed by atoms with E-state index in [0.29, 0.717) is 19.4 Å². The van der Waals surface area contributed by atoms with Crippen molar-refractivity contribution in [2.75, 3.05) is 13.2 Å². The van der Waals surface area contributed by atoms with E-state index in [1.807, 2.05) is 6.92 Å². The van der Waals surface area contributed by atoms with Gasteiger partial charge in [0.2, 0.25) is 5.91 Å². The molecule has 0 unspecified atom stereocenters. The smallest absolute Gasteiger partial charge is 0.246 e. The number of carbonyl (C=O) groups excluding carboxylic acids is 1. The molecule has 0 saturated heterocycles. The minimum Gasteiger partial charge on any atom is -0.393 e. The molecule has 0 aromatic heterocycles. The molecule has 0 heterocycles. The first-order chi connectivity index (χ1) is 6.22. The molecule has 76 valence electrons. The van der Waals surface area contributed by atoms with Gasteiger partial charge in [0.05, 0.1) is 6.10 Å². The van der Waals surface area contributed by atoms with E-state index < -0.39 is 0 Å². The van der Waals surface area contributed by atoms with Crippen LogP contribution in [0.15, 0.2) is 0 Å². The van der Waals surface area contributed by atoms with E-state index in [1.54, 1.807) is 0 Å². The summed E-state index contributed by atoms with van der Waals surface area (Å²) in [6, 6.07) is 0.160. The monoisotopic (exact) mass is 187 g/mol. The lowest BCUT2D eigenvalue weighted by Gasteiger charge is -2.31. The number of carbonyl (C=O) groups is 1. The van der Waals surface area contributed by atoms with Crippen molar-refractivity contribution in [3.8, 4) is 0 Å². The van der Waals surface area contributed by atoms with Crippen molar-refractivity contribution in [3.63, 3.8) is 0 Å². The molecule has 0 radical (unpaired) electrons. The van der Waals surface area contributed by atoms with E-state index in [1.165, 1.54) is 0 Å². The molecule has 1 aliphatic carbocycles. The predicted octanol–water partition coefficient (Wildman–Crippen LogP) is 0.0525. The Hall–Kier alpha value is -0.610. The van der Waals surface area contributed by atoms with Gasteiger partial charge in [-0.3, -0.25) is 4.79 Å². The molecule has 1 saturated carbocycles. The number of aliphatic hydroxyl groups excluding tert-OH is 1. The van der Waals surface area contributed by atoms with Gasteiger partial charge < -0.3 is 15.2 Å². The van der Waals surface area contributed by atoms with Gasteiger partial charge in [0.1, 0.15) is 6.61 Å². The van der Waals surface area contributed by atoms with Crippen molar-refractivity contribution in [2.24, 2.45) is 0 Å². The molecule has 0 bridgehead atoms. The lowest BCUT2D eigenvalue weighted by Crippen LogP contribution is -2.47. The Kier molecular flexibility index (Phi) is 4.18. The molecule has 4 nitrogen and oxygen atoms in total. The molecule has 13 heavy (non-hydrogen) atoms. The molecule has 0 aliphatic heterocycles. The van der Waals surface area contributed by atoms with E-state index >= 15 is 0 Å². The van der Waals surface area contributed by atoms with Crippen LogP contribution in [0, 0.1) is 0 Å². The largest absolute Gasteiger partial charge is 0.393 e. The summed E-state index contributed by atoms with van der Waals surface area (Å²) in [5.41, 5.74) is 0. The van der Waals surface area contributed by atoms with Crippen molar-refractivity contribution in [1.82, 2.24) is 5.32 Å². The standard InChI is InChI=1S/C9H17NO3/c1-2-3-13-6-9(12)10-7-4-8(11)5-7/h7-8,11H,2-6H2,1H3,(H,10,12).